The third-order valence-corrected chi connectivity index (χ3v) is 3.23. The molecule has 0 aliphatic carbocycles. The van der Waals surface area contributed by atoms with E-state index < -0.39 is 0 Å². The smallest absolute Gasteiger partial charge is 0.119 e. The van der Waals surface area contributed by atoms with Crippen LogP contribution in [-0.4, -0.2) is 34.7 Å². The lowest BCUT2D eigenvalue weighted by molar-refractivity contribution is 0.281. The van der Waals surface area contributed by atoms with Crippen LogP contribution in [0.1, 0.15) is 24.0 Å². The van der Waals surface area contributed by atoms with Crippen LogP contribution in [0.15, 0.2) is 18.2 Å². The minimum absolute atomic E-state index is 0.0139. The minimum Gasteiger partial charge on any atom is -0.508 e. The Morgan fingerprint density at radius 2 is 1.94 bits per heavy atom. The van der Waals surface area contributed by atoms with Crippen LogP contribution in [0.4, 0.5) is 0 Å². The number of phenolic OH excluding ortho intramolecular Hbond substituents is 1. The molecule has 0 spiro atoms. The highest BCUT2D eigenvalue weighted by Crippen LogP contribution is 2.20. The van der Waals surface area contributed by atoms with Crippen LogP contribution in [-0.2, 0) is 13.0 Å². The van der Waals surface area contributed by atoms with E-state index in [0.29, 0.717) is 5.75 Å². The van der Waals surface area contributed by atoms with Gasteiger partial charge in [-0.05, 0) is 49.5 Å². The first-order valence-corrected chi connectivity index (χ1v) is 5.93. The molecule has 1 saturated heterocycles. The second-order valence-electron chi connectivity index (χ2n) is 4.42. The zero-order valence-corrected chi connectivity index (χ0v) is 9.52. The van der Waals surface area contributed by atoms with Gasteiger partial charge in [0.25, 0.3) is 0 Å². The number of benzene rings is 1. The monoisotopic (exact) mass is 221 g/mol. The molecule has 0 aromatic heterocycles. The highest BCUT2D eigenvalue weighted by molar-refractivity contribution is 5.36. The summed E-state index contributed by atoms with van der Waals surface area (Å²) in [6.45, 7) is 3.39. The van der Waals surface area contributed by atoms with Crippen molar-refractivity contribution in [2.75, 3.05) is 19.6 Å². The molecule has 0 radical (unpaired) electrons. The predicted molar refractivity (Wildman–Crippen MR) is 63.4 cm³/mol. The van der Waals surface area contributed by atoms with Crippen molar-refractivity contribution >= 4 is 0 Å². The fourth-order valence-electron chi connectivity index (χ4n) is 2.20. The fourth-order valence-corrected chi connectivity index (χ4v) is 2.20. The van der Waals surface area contributed by atoms with E-state index in [1.165, 1.54) is 25.9 Å². The average Bonchev–Trinajstić information content (AvgIpc) is 2.80. The molecule has 2 N–H and O–H groups in total. The molecule has 0 bridgehead atoms. The summed E-state index contributed by atoms with van der Waals surface area (Å²) in [4.78, 5) is 2.43. The van der Waals surface area contributed by atoms with Crippen molar-refractivity contribution < 1.29 is 10.2 Å². The minimum atomic E-state index is -0.0139. The summed E-state index contributed by atoms with van der Waals surface area (Å²) in [5.41, 5.74) is 1.74. The number of hydrogen-bond acceptors (Lipinski definition) is 3. The highest BCUT2D eigenvalue weighted by atomic mass is 16.3. The molecule has 3 nitrogen and oxygen atoms in total. The van der Waals surface area contributed by atoms with E-state index in [2.05, 4.69) is 4.90 Å². The standard InChI is InChI=1S/C13H19NO2/c15-10-11-3-4-12(13(16)9-11)5-8-14-6-1-2-7-14/h3-4,9,15-16H,1-2,5-8,10H2. The third-order valence-electron chi connectivity index (χ3n) is 3.23. The number of aliphatic hydroxyl groups excluding tert-OH is 1. The van der Waals surface area contributed by atoms with E-state index in [1.54, 1.807) is 6.07 Å². The van der Waals surface area contributed by atoms with Gasteiger partial charge in [0.2, 0.25) is 0 Å². The first kappa shape index (κ1) is 11.4. The molecule has 2 rings (SSSR count). The largest absolute Gasteiger partial charge is 0.508 e. The molecule has 88 valence electrons. The van der Waals surface area contributed by atoms with Crippen molar-refractivity contribution in [3.8, 4) is 5.75 Å². The number of nitrogens with zero attached hydrogens (tertiary/aromatic N) is 1. The molecule has 1 aromatic carbocycles. The van der Waals surface area contributed by atoms with Crippen molar-refractivity contribution in [3.63, 3.8) is 0 Å². The first-order valence-electron chi connectivity index (χ1n) is 5.93. The number of hydrogen-bond donors (Lipinski definition) is 2. The van der Waals surface area contributed by atoms with Crippen LogP contribution in [0.5, 0.6) is 5.75 Å². The zero-order chi connectivity index (χ0) is 11.4. The van der Waals surface area contributed by atoms with Gasteiger partial charge in [0.1, 0.15) is 5.75 Å². The van der Waals surface area contributed by atoms with Crippen molar-refractivity contribution in [3.05, 3.63) is 29.3 Å². The van der Waals surface area contributed by atoms with Crippen LogP contribution >= 0.6 is 0 Å². The van der Waals surface area contributed by atoms with E-state index in [1.807, 2.05) is 12.1 Å². The number of aliphatic hydroxyl groups is 1. The molecule has 0 unspecified atom stereocenters. The van der Waals surface area contributed by atoms with Gasteiger partial charge < -0.3 is 15.1 Å². The third kappa shape index (κ3) is 2.74. The molecule has 1 aliphatic heterocycles. The Bertz CT molecular complexity index is 346. The molecular weight excluding hydrogens is 202 g/mol. The summed E-state index contributed by atoms with van der Waals surface area (Å²) < 4.78 is 0. The Labute approximate surface area is 96.3 Å². The van der Waals surface area contributed by atoms with Gasteiger partial charge in [-0.25, -0.2) is 0 Å². The Morgan fingerprint density at radius 3 is 2.56 bits per heavy atom. The summed E-state index contributed by atoms with van der Waals surface area (Å²) in [5, 5.41) is 18.7. The van der Waals surface area contributed by atoms with Crippen LogP contribution in [0, 0.1) is 0 Å². The molecule has 0 saturated carbocycles. The Morgan fingerprint density at radius 1 is 1.19 bits per heavy atom. The number of aromatic hydroxyl groups is 1. The van der Waals surface area contributed by atoms with Crippen LogP contribution in [0.25, 0.3) is 0 Å². The van der Waals surface area contributed by atoms with Gasteiger partial charge in [-0.1, -0.05) is 12.1 Å². The average molecular weight is 221 g/mol. The molecule has 1 aromatic rings. The maximum absolute atomic E-state index is 9.77. The van der Waals surface area contributed by atoms with Crippen LogP contribution < -0.4 is 0 Å². The molecule has 0 amide bonds. The van der Waals surface area contributed by atoms with E-state index in [4.69, 9.17) is 5.11 Å². The second-order valence-corrected chi connectivity index (χ2v) is 4.42. The van der Waals surface area contributed by atoms with Gasteiger partial charge in [-0.15, -0.1) is 0 Å². The lowest BCUT2D eigenvalue weighted by atomic mass is 10.1. The SMILES string of the molecule is OCc1ccc(CCN2CCCC2)c(O)c1. The summed E-state index contributed by atoms with van der Waals surface area (Å²) in [6.07, 6.45) is 3.49. The summed E-state index contributed by atoms with van der Waals surface area (Å²) in [5.74, 6) is 0.311. The van der Waals surface area contributed by atoms with Crippen molar-refractivity contribution in [2.45, 2.75) is 25.9 Å². The van der Waals surface area contributed by atoms with Gasteiger partial charge in [-0.2, -0.15) is 0 Å². The number of likely N-dealkylation sites (tertiary alicyclic amines) is 1. The molecule has 1 fully saturated rings. The highest BCUT2D eigenvalue weighted by Gasteiger charge is 2.11. The Hall–Kier alpha value is -1.06. The van der Waals surface area contributed by atoms with Gasteiger partial charge >= 0.3 is 0 Å². The van der Waals surface area contributed by atoms with Gasteiger partial charge in [-0.3, -0.25) is 0 Å². The van der Waals surface area contributed by atoms with Gasteiger partial charge in [0.15, 0.2) is 0 Å². The van der Waals surface area contributed by atoms with E-state index in [0.717, 1.165) is 24.1 Å². The van der Waals surface area contributed by atoms with E-state index >= 15 is 0 Å². The Balaban J connectivity index is 1.93. The predicted octanol–water partition coefficient (Wildman–Crippen LogP) is 1.52. The molecular formula is C13H19NO2. The maximum atomic E-state index is 9.77. The second kappa shape index (κ2) is 5.32. The quantitative estimate of drug-likeness (QED) is 0.810. The Kier molecular flexibility index (Phi) is 3.80. The summed E-state index contributed by atoms with van der Waals surface area (Å²) in [6, 6.07) is 5.44. The molecule has 1 heterocycles. The normalized spacial score (nSPS) is 16.8. The van der Waals surface area contributed by atoms with E-state index in [9.17, 15) is 5.11 Å². The molecule has 16 heavy (non-hydrogen) atoms. The molecule has 3 heteroatoms. The summed E-state index contributed by atoms with van der Waals surface area (Å²) >= 11 is 0. The van der Waals surface area contributed by atoms with Crippen LogP contribution in [0.3, 0.4) is 0 Å². The fraction of sp³-hybridized carbons (Fsp3) is 0.538. The first-order chi connectivity index (χ1) is 7.79. The van der Waals surface area contributed by atoms with Crippen LogP contribution in [0.2, 0.25) is 0 Å². The topological polar surface area (TPSA) is 43.7 Å². The lowest BCUT2D eigenvalue weighted by Gasteiger charge is -2.14. The van der Waals surface area contributed by atoms with Crippen molar-refractivity contribution in [1.82, 2.24) is 4.90 Å². The van der Waals surface area contributed by atoms with Gasteiger partial charge in [0.05, 0.1) is 6.61 Å². The maximum Gasteiger partial charge on any atom is 0.119 e. The number of rotatable bonds is 4. The van der Waals surface area contributed by atoms with Gasteiger partial charge in [0, 0.05) is 6.54 Å². The van der Waals surface area contributed by atoms with Crippen molar-refractivity contribution in [2.24, 2.45) is 0 Å². The molecule has 1 aliphatic rings. The zero-order valence-electron chi connectivity index (χ0n) is 9.52. The van der Waals surface area contributed by atoms with E-state index in [-0.39, 0.29) is 6.61 Å². The molecule has 0 atom stereocenters. The van der Waals surface area contributed by atoms with Crippen molar-refractivity contribution in [1.29, 1.82) is 0 Å². The number of phenols is 1. The summed E-state index contributed by atoms with van der Waals surface area (Å²) in [7, 11) is 0. The lowest BCUT2D eigenvalue weighted by Crippen LogP contribution is -2.21.